The van der Waals surface area contributed by atoms with Crippen molar-refractivity contribution in [3.63, 3.8) is 0 Å². The largest absolute Gasteiger partial charge is 0.490 e. The number of amides is 3. The van der Waals surface area contributed by atoms with E-state index in [1.165, 1.54) is 0 Å². The summed E-state index contributed by atoms with van der Waals surface area (Å²) in [5.74, 6) is -1.86. The van der Waals surface area contributed by atoms with E-state index < -0.39 is 12.1 Å². The quantitative estimate of drug-likeness (QED) is 0.586. The zero-order valence-corrected chi connectivity index (χ0v) is 22.0. The van der Waals surface area contributed by atoms with E-state index in [2.05, 4.69) is 24.1 Å². The van der Waals surface area contributed by atoms with E-state index >= 15 is 0 Å². The number of hydrogen-bond donors (Lipinski definition) is 2. The van der Waals surface area contributed by atoms with Crippen LogP contribution in [0.1, 0.15) is 33.1 Å². The molecule has 2 N–H and O–H groups in total. The summed E-state index contributed by atoms with van der Waals surface area (Å²) in [7, 11) is 1.94. The number of urea groups is 1. The maximum atomic E-state index is 13.3. The molecule has 3 amide bonds. The average Bonchev–Trinajstić information content (AvgIpc) is 3.26. The van der Waals surface area contributed by atoms with E-state index in [4.69, 9.17) is 21.5 Å². The lowest BCUT2D eigenvalue weighted by atomic mass is 9.60. The molecule has 3 fully saturated rings. The van der Waals surface area contributed by atoms with Crippen LogP contribution in [-0.4, -0.2) is 90.2 Å². The number of nitrogens with zero attached hydrogens (tertiary/aromatic N) is 3. The van der Waals surface area contributed by atoms with Crippen LogP contribution in [0.4, 0.5) is 23.7 Å². The van der Waals surface area contributed by atoms with Gasteiger partial charge in [-0.25, -0.2) is 9.59 Å². The van der Waals surface area contributed by atoms with Crippen molar-refractivity contribution in [1.82, 2.24) is 14.7 Å². The molecule has 8 nitrogen and oxygen atoms in total. The zero-order valence-electron chi connectivity index (χ0n) is 21.3. The Kier molecular flexibility index (Phi) is 8.68. The van der Waals surface area contributed by atoms with Gasteiger partial charge in [0.05, 0.1) is 5.41 Å². The number of rotatable bonds is 3. The zero-order chi connectivity index (χ0) is 27.6. The summed E-state index contributed by atoms with van der Waals surface area (Å²) < 4.78 is 31.7. The van der Waals surface area contributed by atoms with Crippen LogP contribution >= 0.6 is 11.6 Å². The summed E-state index contributed by atoms with van der Waals surface area (Å²) in [6.07, 6.45) is -2.38. The number of benzene rings is 1. The molecule has 2 spiro atoms. The molecule has 206 valence electrons. The Morgan fingerprint density at radius 2 is 1.65 bits per heavy atom. The highest BCUT2D eigenvalue weighted by atomic mass is 35.5. The molecule has 1 unspecified atom stereocenters. The number of nitrogens with one attached hydrogen (secondary N) is 1. The van der Waals surface area contributed by atoms with Crippen molar-refractivity contribution in [2.75, 3.05) is 51.6 Å². The van der Waals surface area contributed by atoms with Crippen LogP contribution in [0.25, 0.3) is 0 Å². The van der Waals surface area contributed by atoms with Gasteiger partial charge in [-0.1, -0.05) is 25.4 Å². The molecular weight excluding hydrogens is 513 g/mol. The number of likely N-dealkylation sites (tertiary alicyclic amines) is 3. The molecular formula is C25H34ClF3N4O4. The standard InChI is InChI=1S/C23H33ClN4O2.C2HF3O2/c1-17(2)14-27-15-22(23(16-27)10-11-26(3)20(23)29)8-12-28(13-9-22)21(30)25-19-6-4-18(24)5-7-19;3-2(4,5)1(6)7/h4-7,17H,8-16H2,1-3H3,(H,25,30);(H,6,7). The van der Waals surface area contributed by atoms with Crippen molar-refractivity contribution >= 4 is 35.2 Å². The summed E-state index contributed by atoms with van der Waals surface area (Å²) in [4.78, 5) is 41.3. The lowest BCUT2D eigenvalue weighted by Crippen LogP contribution is -2.54. The molecule has 0 radical (unpaired) electrons. The van der Waals surface area contributed by atoms with Crippen molar-refractivity contribution in [2.24, 2.45) is 16.7 Å². The minimum absolute atomic E-state index is 0.0270. The number of aliphatic carboxylic acids is 1. The number of carboxylic acids is 1. The van der Waals surface area contributed by atoms with Crippen LogP contribution in [0, 0.1) is 16.7 Å². The third kappa shape index (κ3) is 6.31. The second-order valence-electron chi connectivity index (χ2n) is 10.6. The lowest BCUT2D eigenvalue weighted by molar-refractivity contribution is -0.192. The van der Waals surface area contributed by atoms with Crippen LogP contribution < -0.4 is 5.32 Å². The number of carboxylic acid groups (broad SMARTS) is 1. The van der Waals surface area contributed by atoms with E-state index in [1.54, 1.807) is 12.1 Å². The first-order chi connectivity index (χ1) is 17.2. The fourth-order valence-electron chi connectivity index (χ4n) is 5.91. The number of carbonyl (C=O) groups excluding carboxylic acids is 2. The molecule has 1 aromatic rings. The monoisotopic (exact) mass is 546 g/mol. The number of anilines is 1. The number of alkyl halides is 3. The maximum absolute atomic E-state index is 13.3. The Morgan fingerprint density at radius 3 is 2.11 bits per heavy atom. The summed E-state index contributed by atoms with van der Waals surface area (Å²) in [5, 5.41) is 10.7. The maximum Gasteiger partial charge on any atom is 0.490 e. The first-order valence-corrected chi connectivity index (χ1v) is 12.7. The van der Waals surface area contributed by atoms with Gasteiger partial charge in [-0.2, -0.15) is 13.2 Å². The van der Waals surface area contributed by atoms with E-state index in [0.29, 0.717) is 29.9 Å². The van der Waals surface area contributed by atoms with Gasteiger partial charge >= 0.3 is 18.2 Å². The highest BCUT2D eigenvalue weighted by Gasteiger charge is 2.64. The van der Waals surface area contributed by atoms with Crippen molar-refractivity contribution in [3.8, 4) is 0 Å². The van der Waals surface area contributed by atoms with Crippen molar-refractivity contribution < 1.29 is 32.7 Å². The molecule has 3 aliphatic heterocycles. The van der Waals surface area contributed by atoms with Crippen LogP contribution in [0.15, 0.2) is 24.3 Å². The van der Waals surface area contributed by atoms with Crippen LogP contribution in [0.2, 0.25) is 5.02 Å². The van der Waals surface area contributed by atoms with Gasteiger partial charge in [0.1, 0.15) is 0 Å². The smallest absolute Gasteiger partial charge is 0.475 e. The minimum atomic E-state index is -5.08. The van der Waals surface area contributed by atoms with Crippen molar-refractivity contribution in [1.29, 1.82) is 0 Å². The van der Waals surface area contributed by atoms with Gasteiger partial charge in [-0.05, 0) is 49.4 Å². The fraction of sp³-hybridized carbons (Fsp3) is 0.640. The molecule has 0 saturated carbocycles. The van der Waals surface area contributed by atoms with Crippen molar-refractivity contribution in [3.05, 3.63) is 29.3 Å². The minimum Gasteiger partial charge on any atom is -0.475 e. The molecule has 1 aromatic carbocycles. The molecule has 0 bridgehead atoms. The number of hydrogen-bond acceptors (Lipinski definition) is 4. The van der Waals surface area contributed by atoms with Crippen LogP contribution in [0.5, 0.6) is 0 Å². The van der Waals surface area contributed by atoms with E-state index in [1.807, 2.05) is 29.0 Å². The van der Waals surface area contributed by atoms with Gasteiger partial charge in [0.2, 0.25) is 5.91 Å². The van der Waals surface area contributed by atoms with Crippen LogP contribution in [0.3, 0.4) is 0 Å². The first-order valence-electron chi connectivity index (χ1n) is 12.3. The molecule has 3 saturated heterocycles. The van der Waals surface area contributed by atoms with Gasteiger partial charge in [-0.3, -0.25) is 4.79 Å². The van der Waals surface area contributed by atoms with E-state index in [9.17, 15) is 22.8 Å². The topological polar surface area (TPSA) is 93.2 Å². The summed E-state index contributed by atoms with van der Waals surface area (Å²) in [6.45, 7) is 9.57. The average molecular weight is 547 g/mol. The summed E-state index contributed by atoms with van der Waals surface area (Å²) >= 11 is 5.93. The third-order valence-electron chi connectivity index (χ3n) is 7.63. The molecule has 3 aliphatic rings. The SMILES string of the molecule is CC(C)CN1CC2(CCN(C(=O)Nc3ccc(Cl)cc3)CC2)C2(CCN(C)C2=O)C1.O=C(O)C(F)(F)F. The highest BCUT2D eigenvalue weighted by molar-refractivity contribution is 6.30. The van der Waals surface area contributed by atoms with Gasteiger partial charge < -0.3 is 25.1 Å². The van der Waals surface area contributed by atoms with Gasteiger partial charge in [-0.15, -0.1) is 0 Å². The molecule has 3 heterocycles. The summed E-state index contributed by atoms with van der Waals surface area (Å²) in [6, 6.07) is 7.10. The van der Waals surface area contributed by atoms with Gasteiger partial charge in [0, 0.05) is 62.4 Å². The molecule has 12 heteroatoms. The Labute approximate surface area is 219 Å². The fourth-order valence-corrected chi connectivity index (χ4v) is 6.04. The lowest BCUT2D eigenvalue weighted by Gasteiger charge is -2.46. The predicted molar refractivity (Wildman–Crippen MR) is 133 cm³/mol. The number of piperidine rings is 1. The normalized spacial score (nSPS) is 23.5. The number of fused-ring (bicyclic) bond motifs is 1. The Balaban J connectivity index is 0.000000479. The van der Waals surface area contributed by atoms with E-state index in [0.717, 1.165) is 51.1 Å². The third-order valence-corrected chi connectivity index (χ3v) is 7.89. The van der Waals surface area contributed by atoms with Gasteiger partial charge in [0.15, 0.2) is 0 Å². The number of halogens is 4. The molecule has 0 aromatic heterocycles. The molecule has 1 atom stereocenters. The number of carbonyl (C=O) groups is 3. The second-order valence-corrected chi connectivity index (χ2v) is 11.1. The molecule has 4 rings (SSSR count). The van der Waals surface area contributed by atoms with E-state index in [-0.39, 0.29) is 16.9 Å². The van der Waals surface area contributed by atoms with Gasteiger partial charge in [0.25, 0.3) is 0 Å². The Morgan fingerprint density at radius 1 is 1.08 bits per heavy atom. The van der Waals surface area contributed by atoms with Crippen molar-refractivity contribution in [2.45, 2.75) is 39.3 Å². The predicted octanol–water partition coefficient (Wildman–Crippen LogP) is 4.41. The highest BCUT2D eigenvalue weighted by Crippen LogP contribution is 2.57. The first kappa shape index (κ1) is 29.0. The Bertz CT molecular complexity index is 997. The molecule has 0 aliphatic carbocycles. The second kappa shape index (κ2) is 11.1. The summed E-state index contributed by atoms with van der Waals surface area (Å²) in [5.41, 5.74) is 0.439. The van der Waals surface area contributed by atoms with Crippen LogP contribution in [-0.2, 0) is 9.59 Å². The Hall–Kier alpha value is -2.53. The molecule has 37 heavy (non-hydrogen) atoms.